The van der Waals surface area contributed by atoms with Crippen LogP contribution in [0.25, 0.3) is 0 Å². The van der Waals surface area contributed by atoms with Crippen LogP contribution in [0.4, 0.5) is 4.79 Å². The number of nitrogens with zero attached hydrogens (tertiary/aromatic N) is 1. The molecule has 0 saturated carbocycles. The van der Waals surface area contributed by atoms with Crippen molar-refractivity contribution >= 4 is 12.1 Å². The van der Waals surface area contributed by atoms with Crippen molar-refractivity contribution in [3.05, 3.63) is 35.9 Å². The van der Waals surface area contributed by atoms with Gasteiger partial charge in [0.25, 0.3) is 0 Å². The van der Waals surface area contributed by atoms with Crippen molar-refractivity contribution in [2.24, 2.45) is 5.41 Å². The van der Waals surface area contributed by atoms with Crippen LogP contribution >= 0.6 is 0 Å². The highest BCUT2D eigenvalue weighted by Gasteiger charge is 2.40. The topological polar surface area (TPSA) is 55.8 Å². The smallest absolute Gasteiger partial charge is 0.410 e. The third-order valence-electron chi connectivity index (χ3n) is 4.56. The minimum Gasteiger partial charge on any atom is -0.466 e. The first-order valence-corrected chi connectivity index (χ1v) is 9.40. The summed E-state index contributed by atoms with van der Waals surface area (Å²) in [5.74, 6) is -0.200. The lowest BCUT2D eigenvalue weighted by molar-refractivity contribution is -0.147. The number of hydrogen-bond donors (Lipinski definition) is 0. The molecule has 1 saturated heterocycles. The van der Waals surface area contributed by atoms with Gasteiger partial charge in [0.2, 0.25) is 0 Å². The normalized spacial score (nSPS) is 20.5. The molecule has 1 heterocycles. The van der Waals surface area contributed by atoms with Crippen molar-refractivity contribution in [3.63, 3.8) is 0 Å². The van der Waals surface area contributed by atoms with Crippen LogP contribution in [0.1, 0.15) is 52.5 Å². The first-order valence-electron chi connectivity index (χ1n) is 9.40. The fourth-order valence-corrected chi connectivity index (χ4v) is 3.59. The maximum Gasteiger partial charge on any atom is 0.410 e. The van der Waals surface area contributed by atoms with Crippen molar-refractivity contribution in [2.75, 3.05) is 19.7 Å². The highest BCUT2D eigenvalue weighted by molar-refractivity contribution is 5.71. The molecule has 0 spiro atoms. The molecule has 0 aliphatic carbocycles. The number of carbonyl (C=O) groups excluding carboxylic acids is 2. The highest BCUT2D eigenvalue weighted by Crippen LogP contribution is 2.38. The van der Waals surface area contributed by atoms with Gasteiger partial charge in [-0.25, -0.2) is 4.79 Å². The van der Waals surface area contributed by atoms with Gasteiger partial charge in [0, 0.05) is 18.5 Å². The van der Waals surface area contributed by atoms with Gasteiger partial charge in [-0.2, -0.15) is 0 Å². The number of benzene rings is 1. The summed E-state index contributed by atoms with van der Waals surface area (Å²) in [6, 6.07) is 10.1. The summed E-state index contributed by atoms with van der Waals surface area (Å²) < 4.78 is 10.8. The van der Waals surface area contributed by atoms with Gasteiger partial charge >= 0.3 is 12.1 Å². The van der Waals surface area contributed by atoms with E-state index in [1.54, 1.807) is 4.90 Å². The Kier molecular flexibility index (Phi) is 6.68. The number of rotatable bonds is 5. The summed E-state index contributed by atoms with van der Waals surface area (Å²) in [7, 11) is 0. The molecule has 0 radical (unpaired) electrons. The fourth-order valence-electron chi connectivity index (χ4n) is 3.59. The van der Waals surface area contributed by atoms with Crippen LogP contribution in [0.3, 0.4) is 0 Å². The largest absolute Gasteiger partial charge is 0.466 e. The van der Waals surface area contributed by atoms with E-state index in [0.717, 1.165) is 19.3 Å². The van der Waals surface area contributed by atoms with Gasteiger partial charge in [0.15, 0.2) is 0 Å². The second-order valence-corrected chi connectivity index (χ2v) is 8.15. The lowest BCUT2D eigenvalue weighted by Gasteiger charge is -2.42. The van der Waals surface area contributed by atoms with Gasteiger partial charge in [0.1, 0.15) is 5.60 Å². The van der Waals surface area contributed by atoms with Gasteiger partial charge in [-0.15, -0.1) is 0 Å². The van der Waals surface area contributed by atoms with E-state index >= 15 is 0 Å². The predicted molar refractivity (Wildman–Crippen MR) is 101 cm³/mol. The van der Waals surface area contributed by atoms with Gasteiger partial charge in [-0.05, 0) is 52.5 Å². The third-order valence-corrected chi connectivity index (χ3v) is 4.56. The lowest BCUT2D eigenvalue weighted by Crippen LogP contribution is -2.49. The van der Waals surface area contributed by atoms with E-state index in [0.29, 0.717) is 26.1 Å². The zero-order chi connectivity index (χ0) is 19.2. The van der Waals surface area contributed by atoms with E-state index in [1.807, 2.05) is 45.9 Å². The third kappa shape index (κ3) is 6.04. The molecule has 1 fully saturated rings. The summed E-state index contributed by atoms with van der Waals surface area (Å²) in [6.07, 6.45) is 2.49. The fraction of sp³-hybridized carbons (Fsp3) is 0.619. The maximum atomic E-state index is 12.6. The summed E-state index contributed by atoms with van der Waals surface area (Å²) in [5.41, 5.74) is 0.323. The minimum absolute atomic E-state index is 0.200. The van der Waals surface area contributed by atoms with E-state index in [-0.39, 0.29) is 17.5 Å². The van der Waals surface area contributed by atoms with Gasteiger partial charge in [-0.3, -0.25) is 4.79 Å². The molecule has 0 aromatic heterocycles. The van der Waals surface area contributed by atoms with E-state index in [2.05, 4.69) is 12.1 Å². The molecular formula is C21H31NO4. The summed E-state index contributed by atoms with van der Waals surface area (Å²) in [4.78, 5) is 26.6. The summed E-state index contributed by atoms with van der Waals surface area (Å²) in [6.45, 7) is 8.95. The van der Waals surface area contributed by atoms with Crippen molar-refractivity contribution in [3.8, 4) is 0 Å². The Morgan fingerprint density at radius 3 is 2.50 bits per heavy atom. The number of hydrogen-bond acceptors (Lipinski definition) is 4. The molecule has 1 aromatic carbocycles. The molecule has 1 aromatic rings. The van der Waals surface area contributed by atoms with Crippen molar-refractivity contribution in [2.45, 2.75) is 59.0 Å². The average molecular weight is 361 g/mol. The number of piperidine rings is 1. The quantitative estimate of drug-likeness (QED) is 0.738. The van der Waals surface area contributed by atoms with Crippen LogP contribution in [0, 0.1) is 5.41 Å². The van der Waals surface area contributed by atoms with Crippen LogP contribution < -0.4 is 0 Å². The SMILES string of the molecule is CCOC(=O)C[C@@]1(Cc2ccccc2)CCCN(C(=O)OC(C)(C)C)C1. The Morgan fingerprint density at radius 1 is 1.19 bits per heavy atom. The van der Waals surface area contributed by atoms with Crippen LogP contribution in [0.15, 0.2) is 30.3 Å². The Balaban J connectivity index is 2.19. The number of esters is 1. The molecule has 26 heavy (non-hydrogen) atoms. The Labute approximate surface area is 156 Å². The second-order valence-electron chi connectivity index (χ2n) is 8.15. The molecule has 0 unspecified atom stereocenters. The molecule has 144 valence electrons. The maximum absolute atomic E-state index is 12.6. The van der Waals surface area contributed by atoms with Crippen LogP contribution in [-0.2, 0) is 20.7 Å². The van der Waals surface area contributed by atoms with Crippen molar-refractivity contribution < 1.29 is 19.1 Å². The number of carbonyl (C=O) groups is 2. The molecule has 0 N–H and O–H groups in total. The molecule has 5 heteroatoms. The van der Waals surface area contributed by atoms with Crippen molar-refractivity contribution in [1.29, 1.82) is 0 Å². The number of likely N-dealkylation sites (tertiary alicyclic amines) is 1. The predicted octanol–water partition coefficient (Wildman–Crippen LogP) is 4.20. The summed E-state index contributed by atoms with van der Waals surface area (Å²) in [5, 5.41) is 0. The molecule has 1 atom stereocenters. The van der Waals surface area contributed by atoms with Crippen molar-refractivity contribution in [1.82, 2.24) is 4.90 Å². The van der Waals surface area contributed by atoms with Crippen LogP contribution in [0.2, 0.25) is 0 Å². The Bertz CT molecular complexity index is 608. The van der Waals surface area contributed by atoms with Crippen LogP contribution in [-0.4, -0.2) is 42.3 Å². The lowest BCUT2D eigenvalue weighted by atomic mass is 9.72. The first kappa shape index (κ1) is 20.3. The molecule has 2 rings (SSSR count). The zero-order valence-electron chi connectivity index (χ0n) is 16.4. The molecule has 1 aliphatic rings. The minimum atomic E-state index is -0.530. The zero-order valence-corrected chi connectivity index (χ0v) is 16.4. The molecule has 5 nitrogen and oxygen atoms in total. The number of amides is 1. The molecule has 1 amide bonds. The first-order chi connectivity index (χ1) is 12.2. The van der Waals surface area contributed by atoms with E-state index < -0.39 is 5.60 Å². The van der Waals surface area contributed by atoms with E-state index in [9.17, 15) is 9.59 Å². The molecular weight excluding hydrogens is 330 g/mol. The molecule has 1 aliphatic heterocycles. The number of ether oxygens (including phenoxy) is 2. The van der Waals surface area contributed by atoms with Gasteiger partial charge in [0.05, 0.1) is 13.0 Å². The standard InChI is InChI=1S/C21H31NO4/c1-5-25-18(23)15-21(14-17-10-7-6-8-11-17)12-9-13-22(16-21)19(24)26-20(2,3)4/h6-8,10-11H,5,9,12-16H2,1-4H3/t21-/m0/s1. The Hall–Kier alpha value is -2.04. The average Bonchev–Trinajstić information content (AvgIpc) is 2.54. The second kappa shape index (κ2) is 8.56. The highest BCUT2D eigenvalue weighted by atomic mass is 16.6. The van der Waals surface area contributed by atoms with E-state index in [1.165, 1.54) is 5.56 Å². The van der Waals surface area contributed by atoms with E-state index in [4.69, 9.17) is 9.47 Å². The molecule has 0 bridgehead atoms. The van der Waals surface area contributed by atoms with Gasteiger partial charge in [-0.1, -0.05) is 30.3 Å². The van der Waals surface area contributed by atoms with Gasteiger partial charge < -0.3 is 14.4 Å². The Morgan fingerprint density at radius 2 is 1.88 bits per heavy atom. The van der Waals surface area contributed by atoms with Crippen LogP contribution in [0.5, 0.6) is 0 Å². The summed E-state index contributed by atoms with van der Waals surface area (Å²) >= 11 is 0. The monoisotopic (exact) mass is 361 g/mol.